The summed E-state index contributed by atoms with van der Waals surface area (Å²) in [5.74, 6) is 0.916. The van der Waals surface area contributed by atoms with Gasteiger partial charge in [-0.05, 0) is 30.3 Å². The highest BCUT2D eigenvalue weighted by Gasteiger charge is 2.24. The van der Waals surface area contributed by atoms with Crippen LogP contribution >= 0.6 is 11.3 Å². The number of hydrogen-bond acceptors (Lipinski definition) is 6. The summed E-state index contributed by atoms with van der Waals surface area (Å²) >= 11 is 1.41. The summed E-state index contributed by atoms with van der Waals surface area (Å²) in [7, 11) is 1.68. The van der Waals surface area contributed by atoms with Crippen molar-refractivity contribution >= 4 is 38.3 Å². The van der Waals surface area contributed by atoms with E-state index in [2.05, 4.69) is 16.0 Å². The van der Waals surface area contributed by atoms with E-state index in [1.165, 1.54) is 11.3 Å². The molecule has 0 unspecified atom stereocenters. The summed E-state index contributed by atoms with van der Waals surface area (Å²) in [6.45, 7) is 2.92. The van der Waals surface area contributed by atoms with Crippen molar-refractivity contribution < 1.29 is 9.53 Å². The number of hydrogen-bond donors (Lipinski definition) is 1. The van der Waals surface area contributed by atoms with E-state index in [-0.39, 0.29) is 5.91 Å². The predicted octanol–water partition coefficient (Wildman–Crippen LogP) is 2.85. The number of ether oxygens (including phenoxy) is 1. The maximum atomic E-state index is 12.9. The van der Waals surface area contributed by atoms with E-state index >= 15 is 0 Å². The molecule has 0 atom stereocenters. The van der Waals surface area contributed by atoms with Crippen molar-refractivity contribution in [1.82, 2.24) is 9.88 Å². The number of carbonyl (C=O) groups is 1. The van der Waals surface area contributed by atoms with Crippen LogP contribution in [0.5, 0.6) is 5.75 Å². The number of nitrogens with zero attached hydrogens (tertiary/aromatic N) is 3. The Balaban J connectivity index is 1.47. The number of fused-ring (bicyclic) bond motifs is 1. The Morgan fingerprint density at radius 3 is 2.69 bits per heavy atom. The summed E-state index contributed by atoms with van der Waals surface area (Å²) < 4.78 is 6.39. The lowest BCUT2D eigenvalue weighted by molar-refractivity contribution is 0.0747. The minimum absolute atomic E-state index is 0.0542. The molecule has 1 aliphatic heterocycles. The van der Waals surface area contributed by atoms with E-state index in [0.29, 0.717) is 23.8 Å². The van der Waals surface area contributed by atoms with Gasteiger partial charge in [-0.25, -0.2) is 4.98 Å². The molecule has 4 rings (SSSR count). The zero-order valence-electron chi connectivity index (χ0n) is 14.5. The van der Waals surface area contributed by atoms with Crippen LogP contribution in [0.25, 0.3) is 10.2 Å². The molecule has 0 bridgehead atoms. The Labute approximate surface area is 155 Å². The molecule has 0 aliphatic carbocycles. The maximum Gasteiger partial charge on any atom is 0.254 e. The molecule has 2 heterocycles. The number of amides is 1. The third-order valence-corrected chi connectivity index (χ3v) is 5.49. The number of nitrogens with two attached hydrogens (primary N) is 1. The molecule has 3 aromatic rings. The summed E-state index contributed by atoms with van der Waals surface area (Å²) in [6.07, 6.45) is 0. The molecule has 0 spiro atoms. The van der Waals surface area contributed by atoms with Crippen LogP contribution in [-0.2, 0) is 0 Å². The van der Waals surface area contributed by atoms with Gasteiger partial charge in [0, 0.05) is 31.7 Å². The fourth-order valence-corrected chi connectivity index (χ4v) is 4.07. The van der Waals surface area contributed by atoms with Crippen molar-refractivity contribution in [3.63, 3.8) is 0 Å². The number of para-hydroxylation sites is 2. The highest BCUT2D eigenvalue weighted by Crippen LogP contribution is 2.29. The number of methoxy groups -OCH3 is 1. The second-order valence-corrected chi connectivity index (χ2v) is 7.25. The average Bonchev–Trinajstić information content (AvgIpc) is 3.06. The lowest BCUT2D eigenvalue weighted by Gasteiger charge is -2.36. The number of anilines is 2. The topological polar surface area (TPSA) is 71.7 Å². The first-order valence-electron chi connectivity index (χ1n) is 8.49. The van der Waals surface area contributed by atoms with E-state index in [1.54, 1.807) is 7.11 Å². The van der Waals surface area contributed by atoms with Crippen LogP contribution in [0.2, 0.25) is 0 Å². The fourth-order valence-electron chi connectivity index (χ4n) is 3.30. The van der Waals surface area contributed by atoms with Crippen molar-refractivity contribution in [3.8, 4) is 5.75 Å². The number of rotatable bonds is 3. The van der Waals surface area contributed by atoms with Crippen molar-refractivity contribution in [1.29, 1.82) is 0 Å². The Morgan fingerprint density at radius 1 is 1.15 bits per heavy atom. The normalized spacial score (nSPS) is 14.7. The first kappa shape index (κ1) is 16.7. The molecule has 1 fully saturated rings. The van der Waals surface area contributed by atoms with Crippen LogP contribution in [0.1, 0.15) is 10.4 Å². The van der Waals surface area contributed by atoms with E-state index in [9.17, 15) is 4.79 Å². The number of benzene rings is 2. The minimum Gasteiger partial charge on any atom is -0.495 e. The highest BCUT2D eigenvalue weighted by atomic mass is 32.1. The molecule has 0 saturated carbocycles. The van der Waals surface area contributed by atoms with Gasteiger partial charge in [-0.2, -0.15) is 0 Å². The number of aromatic nitrogens is 1. The van der Waals surface area contributed by atoms with Crippen LogP contribution in [0, 0.1) is 0 Å². The van der Waals surface area contributed by atoms with Crippen molar-refractivity contribution in [2.24, 2.45) is 0 Å². The number of piperazine rings is 1. The summed E-state index contributed by atoms with van der Waals surface area (Å²) in [4.78, 5) is 21.3. The van der Waals surface area contributed by atoms with Gasteiger partial charge in [-0.15, -0.1) is 0 Å². The minimum atomic E-state index is 0.0542. The van der Waals surface area contributed by atoms with Crippen molar-refractivity contribution in [2.45, 2.75) is 0 Å². The van der Waals surface area contributed by atoms with Crippen LogP contribution in [0.4, 0.5) is 10.8 Å². The van der Waals surface area contributed by atoms with E-state index in [0.717, 1.165) is 34.7 Å². The van der Waals surface area contributed by atoms with Crippen LogP contribution in [0.3, 0.4) is 0 Å². The van der Waals surface area contributed by atoms with Gasteiger partial charge in [0.2, 0.25) is 0 Å². The summed E-state index contributed by atoms with van der Waals surface area (Å²) in [5, 5.41) is 0.523. The molecule has 2 N–H and O–H groups in total. The molecule has 0 radical (unpaired) electrons. The van der Waals surface area contributed by atoms with Gasteiger partial charge >= 0.3 is 0 Å². The molecular formula is C19H20N4O2S. The molecule has 2 aromatic carbocycles. The standard InChI is InChI=1S/C19H20N4O2S/c1-25-16-5-3-2-4-15(16)22-8-10-23(11-9-22)18(24)13-6-7-14-17(12-13)26-19(20)21-14/h2-7,12H,8-11H2,1H3,(H2,20,21). The number of nitrogen functional groups attached to an aromatic ring is 1. The van der Waals surface area contributed by atoms with Crippen LogP contribution in [-0.4, -0.2) is 49.1 Å². The van der Waals surface area contributed by atoms with E-state index < -0.39 is 0 Å². The fraction of sp³-hybridized carbons (Fsp3) is 0.263. The first-order valence-corrected chi connectivity index (χ1v) is 9.30. The zero-order chi connectivity index (χ0) is 18.1. The number of carbonyl (C=O) groups excluding carboxylic acids is 1. The zero-order valence-corrected chi connectivity index (χ0v) is 15.3. The predicted molar refractivity (Wildman–Crippen MR) is 105 cm³/mol. The monoisotopic (exact) mass is 368 g/mol. The second-order valence-electron chi connectivity index (χ2n) is 6.19. The van der Waals surface area contributed by atoms with Gasteiger partial charge < -0.3 is 20.3 Å². The molecule has 1 saturated heterocycles. The first-order chi connectivity index (χ1) is 12.7. The second kappa shape index (κ2) is 6.84. The third-order valence-electron chi connectivity index (χ3n) is 4.64. The van der Waals surface area contributed by atoms with Gasteiger partial charge in [-0.3, -0.25) is 4.79 Å². The average molecular weight is 368 g/mol. The summed E-state index contributed by atoms with van der Waals surface area (Å²) in [5.41, 5.74) is 8.35. The molecule has 1 amide bonds. The quantitative estimate of drug-likeness (QED) is 0.770. The Morgan fingerprint density at radius 2 is 1.92 bits per heavy atom. The lowest BCUT2D eigenvalue weighted by Crippen LogP contribution is -2.48. The molecule has 7 heteroatoms. The van der Waals surface area contributed by atoms with Gasteiger partial charge in [0.25, 0.3) is 5.91 Å². The van der Waals surface area contributed by atoms with Gasteiger partial charge in [0.1, 0.15) is 5.75 Å². The SMILES string of the molecule is COc1ccccc1N1CCN(C(=O)c2ccc3nc(N)sc3c2)CC1. The Bertz CT molecular complexity index is 948. The largest absolute Gasteiger partial charge is 0.495 e. The molecule has 1 aliphatic rings. The Hall–Kier alpha value is -2.80. The third kappa shape index (κ3) is 3.06. The lowest BCUT2D eigenvalue weighted by atomic mass is 10.1. The molecule has 1 aromatic heterocycles. The van der Waals surface area contributed by atoms with E-state index in [4.69, 9.17) is 10.5 Å². The molecule has 26 heavy (non-hydrogen) atoms. The smallest absolute Gasteiger partial charge is 0.254 e. The molecule has 6 nitrogen and oxygen atoms in total. The molecular weight excluding hydrogens is 348 g/mol. The van der Waals surface area contributed by atoms with Gasteiger partial charge in [0.15, 0.2) is 5.13 Å². The molecule has 134 valence electrons. The van der Waals surface area contributed by atoms with Crippen molar-refractivity contribution in [2.75, 3.05) is 43.9 Å². The van der Waals surface area contributed by atoms with Crippen LogP contribution in [0.15, 0.2) is 42.5 Å². The Kier molecular flexibility index (Phi) is 4.38. The number of thiazole rings is 1. The summed E-state index contributed by atoms with van der Waals surface area (Å²) in [6, 6.07) is 13.6. The van der Waals surface area contributed by atoms with Gasteiger partial charge in [-0.1, -0.05) is 23.5 Å². The van der Waals surface area contributed by atoms with Crippen molar-refractivity contribution in [3.05, 3.63) is 48.0 Å². The highest BCUT2D eigenvalue weighted by molar-refractivity contribution is 7.22. The van der Waals surface area contributed by atoms with E-state index in [1.807, 2.05) is 41.3 Å². The maximum absolute atomic E-state index is 12.9. The van der Waals surface area contributed by atoms with Crippen LogP contribution < -0.4 is 15.4 Å². The van der Waals surface area contributed by atoms with Gasteiger partial charge in [0.05, 0.1) is 23.0 Å².